The van der Waals surface area contributed by atoms with Crippen LogP contribution < -0.4 is 22.4 Å². The van der Waals surface area contributed by atoms with Gasteiger partial charge in [-0.3, -0.25) is 14.6 Å². The van der Waals surface area contributed by atoms with Gasteiger partial charge >= 0.3 is 17.6 Å². The Morgan fingerprint density at radius 2 is 1.63 bits per heavy atom. The Morgan fingerprint density at radius 3 is 2.30 bits per heavy atom. The molecule has 2 unspecified atom stereocenters. The normalized spacial score (nSPS) is 30.5. The highest BCUT2D eigenvalue weighted by atomic mass is 16.5. The Kier molecular flexibility index (Phi) is 14.1. The zero-order valence-corrected chi connectivity index (χ0v) is 32.5. The molecule has 0 aliphatic heterocycles. The molecule has 1 aromatic rings. The van der Waals surface area contributed by atoms with Crippen LogP contribution in [0.4, 0.5) is 0 Å². The largest absolute Gasteiger partial charge is 0.480 e. The Labute approximate surface area is 319 Å². The van der Waals surface area contributed by atoms with Crippen molar-refractivity contribution in [3.63, 3.8) is 0 Å². The Morgan fingerprint density at radius 1 is 0.926 bits per heavy atom. The fourth-order valence-electron chi connectivity index (χ4n) is 10.7. The van der Waals surface area contributed by atoms with Crippen molar-refractivity contribution in [2.24, 2.45) is 39.1 Å². The van der Waals surface area contributed by atoms with Crippen molar-refractivity contribution in [1.82, 2.24) is 5.32 Å². The van der Waals surface area contributed by atoms with Crippen LogP contribution in [0.1, 0.15) is 154 Å². The molecule has 54 heavy (non-hydrogen) atoms. The number of esters is 1. The fourth-order valence-corrected chi connectivity index (χ4v) is 10.7. The standard InChI is InChI=1S/C42H64N4O8/c1-40-22-19-30(26-29(40)16-17-33-32(40)20-23-41(2)31(21-24-42(33,41)52)28-15-18-36(48)53-27-28)54-37(49)14-10-8-6-4-3-5-7-9-13-35(47)46-34(38(50)51)12-11-25-45-39(43)44/h15,18,26-27,30-34,52H,3-14,16-17,19-25H2,1-2H3,(H,46,47)(H,50,51)(H4,43,44,45)/t30-,31+,32?,33?,34-,40-,41+,42-/m0/s1. The summed E-state index contributed by atoms with van der Waals surface area (Å²) < 4.78 is 11.2. The summed E-state index contributed by atoms with van der Waals surface area (Å²) in [5, 5.41) is 24.5. The van der Waals surface area contributed by atoms with Gasteiger partial charge in [-0.2, -0.15) is 0 Å². The van der Waals surface area contributed by atoms with E-state index in [4.69, 9.17) is 20.6 Å². The van der Waals surface area contributed by atoms with Gasteiger partial charge in [0.15, 0.2) is 5.96 Å². The highest BCUT2D eigenvalue weighted by Crippen LogP contribution is 2.70. The lowest BCUT2D eigenvalue weighted by atomic mass is 9.45. The number of nitrogens with one attached hydrogen (secondary N) is 1. The average Bonchev–Trinajstić information content (AvgIpc) is 3.41. The van der Waals surface area contributed by atoms with E-state index in [0.29, 0.717) is 31.7 Å². The number of hydrogen-bond donors (Lipinski definition) is 5. The van der Waals surface area contributed by atoms with E-state index in [0.717, 1.165) is 108 Å². The van der Waals surface area contributed by atoms with E-state index in [1.807, 2.05) is 6.07 Å². The number of unbranched alkanes of at least 4 members (excludes halogenated alkanes) is 7. The number of carboxylic acid groups (broad SMARTS) is 1. The molecule has 4 aliphatic carbocycles. The number of nitrogens with two attached hydrogens (primary N) is 2. The minimum absolute atomic E-state index is 0.00703. The summed E-state index contributed by atoms with van der Waals surface area (Å²) in [7, 11) is 0. The molecule has 0 aromatic carbocycles. The van der Waals surface area contributed by atoms with Crippen molar-refractivity contribution < 1.29 is 33.8 Å². The average molecular weight is 753 g/mol. The lowest BCUT2D eigenvalue weighted by molar-refractivity contribution is -0.178. The molecule has 3 saturated carbocycles. The van der Waals surface area contributed by atoms with Crippen LogP contribution in [0.2, 0.25) is 0 Å². The van der Waals surface area contributed by atoms with E-state index in [9.17, 15) is 29.4 Å². The van der Waals surface area contributed by atoms with Crippen LogP contribution in [-0.4, -0.2) is 58.3 Å². The number of nitrogens with zero attached hydrogens (tertiary/aromatic N) is 1. The minimum Gasteiger partial charge on any atom is -0.480 e. The molecule has 0 bridgehead atoms. The van der Waals surface area contributed by atoms with E-state index < -0.39 is 17.6 Å². The highest BCUT2D eigenvalue weighted by molar-refractivity contribution is 5.83. The van der Waals surface area contributed by atoms with Crippen molar-refractivity contribution >= 4 is 23.8 Å². The maximum atomic E-state index is 12.8. The number of aliphatic hydroxyl groups is 1. The first-order chi connectivity index (χ1) is 25.8. The lowest BCUT2D eigenvalue weighted by Gasteiger charge is -2.61. The number of fused-ring (bicyclic) bond motifs is 5. The minimum atomic E-state index is -1.06. The molecule has 5 rings (SSSR count). The predicted octanol–water partition coefficient (Wildman–Crippen LogP) is 6.24. The Bertz CT molecular complexity index is 1570. The van der Waals surface area contributed by atoms with E-state index in [-0.39, 0.29) is 58.7 Å². The molecule has 0 radical (unpaired) electrons. The molecular formula is C42H64N4O8. The maximum absolute atomic E-state index is 12.8. The van der Waals surface area contributed by atoms with Gasteiger partial charge in [0.25, 0.3) is 0 Å². The predicted molar refractivity (Wildman–Crippen MR) is 206 cm³/mol. The third-order valence-electron chi connectivity index (χ3n) is 13.8. The number of hydrogen-bond acceptors (Lipinski definition) is 8. The number of carbonyl (C=O) groups excluding carboxylic acids is 2. The molecule has 3 fully saturated rings. The van der Waals surface area contributed by atoms with Gasteiger partial charge in [-0.05, 0) is 118 Å². The summed E-state index contributed by atoms with van der Waals surface area (Å²) in [5.41, 5.74) is 11.6. The van der Waals surface area contributed by atoms with Crippen LogP contribution in [0.5, 0.6) is 0 Å². The second-order valence-corrected chi connectivity index (χ2v) is 17.0. The first-order valence-electron chi connectivity index (χ1n) is 20.6. The molecule has 12 nitrogen and oxygen atoms in total. The van der Waals surface area contributed by atoms with Crippen molar-refractivity contribution in [3.8, 4) is 0 Å². The molecule has 1 amide bonds. The number of guanidine groups is 1. The number of carboxylic acids is 1. The van der Waals surface area contributed by atoms with Crippen LogP contribution in [0.15, 0.2) is 44.2 Å². The summed E-state index contributed by atoms with van der Waals surface area (Å²) in [6, 6.07) is 2.44. The molecule has 1 heterocycles. The van der Waals surface area contributed by atoms with Gasteiger partial charge in [0.2, 0.25) is 5.91 Å². The summed E-state index contributed by atoms with van der Waals surface area (Å²) in [6.07, 6.45) is 20.1. The molecule has 0 saturated heterocycles. The zero-order chi connectivity index (χ0) is 38.9. The Balaban J connectivity index is 0.958. The third-order valence-corrected chi connectivity index (χ3v) is 13.8. The monoisotopic (exact) mass is 752 g/mol. The molecule has 7 N–H and O–H groups in total. The van der Waals surface area contributed by atoms with Crippen LogP contribution >= 0.6 is 0 Å². The highest BCUT2D eigenvalue weighted by Gasteiger charge is 2.66. The van der Waals surface area contributed by atoms with Crippen LogP contribution in [0.3, 0.4) is 0 Å². The van der Waals surface area contributed by atoms with Crippen molar-refractivity contribution in [2.75, 3.05) is 6.54 Å². The summed E-state index contributed by atoms with van der Waals surface area (Å²) in [6.45, 7) is 4.96. The first kappa shape index (κ1) is 41.5. The second-order valence-electron chi connectivity index (χ2n) is 17.0. The van der Waals surface area contributed by atoms with Gasteiger partial charge in [-0.25, -0.2) is 9.59 Å². The molecule has 300 valence electrons. The number of ether oxygens (including phenoxy) is 1. The molecule has 1 aromatic heterocycles. The van der Waals surface area contributed by atoms with Crippen LogP contribution in [0, 0.1) is 22.7 Å². The van der Waals surface area contributed by atoms with E-state index in [1.54, 1.807) is 6.26 Å². The molecule has 12 heteroatoms. The summed E-state index contributed by atoms with van der Waals surface area (Å²) in [5.74, 6) is -0.673. The summed E-state index contributed by atoms with van der Waals surface area (Å²) >= 11 is 0. The maximum Gasteiger partial charge on any atom is 0.335 e. The zero-order valence-electron chi connectivity index (χ0n) is 32.5. The van der Waals surface area contributed by atoms with E-state index in [2.05, 4.69) is 30.2 Å². The van der Waals surface area contributed by atoms with Gasteiger partial charge in [0, 0.05) is 30.9 Å². The van der Waals surface area contributed by atoms with Gasteiger partial charge < -0.3 is 36.2 Å². The molecule has 0 spiro atoms. The number of carbonyl (C=O) groups is 3. The molecule has 4 aliphatic rings. The van der Waals surface area contributed by atoms with Crippen molar-refractivity contribution in [2.45, 2.75) is 166 Å². The summed E-state index contributed by atoms with van der Waals surface area (Å²) in [4.78, 5) is 51.9. The second kappa shape index (κ2) is 18.3. The van der Waals surface area contributed by atoms with Crippen LogP contribution in [0.25, 0.3) is 0 Å². The van der Waals surface area contributed by atoms with Gasteiger partial charge in [0.05, 0.1) is 11.9 Å². The SMILES string of the molecule is C[C@]12CC[C@H](OC(=O)CCCCCCCCCCC(=O)N[C@@H](CCCN=C(N)N)C(=O)O)C=C1CCC1C2CC[C@]2(C)[C@@H](c3ccc(=O)oc3)CC[C@]12O. The smallest absolute Gasteiger partial charge is 0.335 e. The van der Waals surface area contributed by atoms with Crippen molar-refractivity contribution in [1.29, 1.82) is 0 Å². The van der Waals surface area contributed by atoms with Gasteiger partial charge in [-0.1, -0.05) is 57.9 Å². The lowest BCUT2D eigenvalue weighted by Crippen LogP contribution is -2.60. The topological polar surface area (TPSA) is 208 Å². The Hall–Kier alpha value is -3.67. The quantitative estimate of drug-likeness (QED) is 0.0354. The fraction of sp³-hybridized carbons (Fsp3) is 0.738. The molecular weight excluding hydrogens is 688 g/mol. The number of rotatable bonds is 19. The number of aliphatic imine (C=N–C) groups is 1. The van der Waals surface area contributed by atoms with Gasteiger partial charge in [-0.15, -0.1) is 0 Å². The molecule has 8 atom stereocenters. The number of amides is 1. The number of aliphatic carboxylic acids is 1. The third kappa shape index (κ3) is 9.58. The number of allylic oxidation sites excluding steroid dienone is 1. The van der Waals surface area contributed by atoms with Crippen LogP contribution in [-0.2, 0) is 19.1 Å². The van der Waals surface area contributed by atoms with Crippen molar-refractivity contribution in [3.05, 3.63) is 46.0 Å². The van der Waals surface area contributed by atoms with E-state index >= 15 is 0 Å². The van der Waals surface area contributed by atoms with E-state index in [1.165, 1.54) is 11.6 Å². The first-order valence-corrected chi connectivity index (χ1v) is 20.6. The van der Waals surface area contributed by atoms with Gasteiger partial charge in [0.1, 0.15) is 12.1 Å².